The lowest BCUT2D eigenvalue weighted by molar-refractivity contribution is -0.120. The minimum Gasteiger partial charge on any atom is -0.355 e. The number of rotatable bonds is 7. The molecule has 0 spiro atoms. The third-order valence-electron chi connectivity index (χ3n) is 3.82. The van der Waals surface area contributed by atoms with Gasteiger partial charge in [0.15, 0.2) is 0 Å². The maximum absolute atomic E-state index is 12.1. The first-order valence-corrected chi connectivity index (χ1v) is 9.83. The van der Waals surface area contributed by atoms with Crippen LogP contribution in [0.1, 0.15) is 37.7 Å². The van der Waals surface area contributed by atoms with E-state index in [9.17, 15) is 13.2 Å². The van der Waals surface area contributed by atoms with E-state index in [1.54, 1.807) is 24.3 Å². The van der Waals surface area contributed by atoms with Crippen molar-refractivity contribution in [2.45, 2.75) is 38.5 Å². The highest BCUT2D eigenvalue weighted by atomic mass is 32.2. The van der Waals surface area contributed by atoms with E-state index in [0.29, 0.717) is 17.8 Å². The van der Waals surface area contributed by atoms with E-state index >= 15 is 0 Å². The Morgan fingerprint density at radius 2 is 2.00 bits per heavy atom. The SMILES string of the molecule is CS(=O)(=O)Nc1ccccc1CC(=O)NCCC1=CCCCC1. The molecule has 1 amide bonds. The number of hydrogen-bond acceptors (Lipinski definition) is 3. The zero-order chi connectivity index (χ0) is 16.7. The van der Waals surface area contributed by atoms with Crippen molar-refractivity contribution in [2.24, 2.45) is 0 Å². The maximum Gasteiger partial charge on any atom is 0.229 e. The van der Waals surface area contributed by atoms with Crippen LogP contribution in [0, 0.1) is 0 Å². The van der Waals surface area contributed by atoms with Gasteiger partial charge in [-0.25, -0.2) is 8.42 Å². The quantitative estimate of drug-likeness (QED) is 0.752. The van der Waals surface area contributed by atoms with E-state index in [-0.39, 0.29) is 12.3 Å². The monoisotopic (exact) mass is 336 g/mol. The number of hydrogen-bond donors (Lipinski definition) is 2. The van der Waals surface area contributed by atoms with E-state index in [1.807, 2.05) is 0 Å². The summed E-state index contributed by atoms with van der Waals surface area (Å²) in [4.78, 5) is 12.1. The summed E-state index contributed by atoms with van der Waals surface area (Å²) in [7, 11) is -3.36. The van der Waals surface area contributed by atoms with Gasteiger partial charge in [0.1, 0.15) is 0 Å². The van der Waals surface area contributed by atoms with Gasteiger partial charge in [-0.1, -0.05) is 29.8 Å². The first kappa shape index (κ1) is 17.5. The van der Waals surface area contributed by atoms with Crippen LogP contribution in [0.2, 0.25) is 0 Å². The molecule has 0 fully saturated rings. The van der Waals surface area contributed by atoms with Crippen LogP contribution in [0.5, 0.6) is 0 Å². The Morgan fingerprint density at radius 3 is 2.70 bits per heavy atom. The molecule has 5 nitrogen and oxygen atoms in total. The minimum absolute atomic E-state index is 0.0934. The molecule has 126 valence electrons. The second-order valence-corrected chi connectivity index (χ2v) is 7.66. The summed E-state index contributed by atoms with van der Waals surface area (Å²) in [6.45, 7) is 0.631. The van der Waals surface area contributed by atoms with Gasteiger partial charge in [0.25, 0.3) is 0 Å². The van der Waals surface area contributed by atoms with Gasteiger partial charge in [0.05, 0.1) is 18.4 Å². The lowest BCUT2D eigenvalue weighted by atomic mass is 9.97. The lowest BCUT2D eigenvalue weighted by Gasteiger charge is -2.13. The number of sulfonamides is 1. The van der Waals surface area contributed by atoms with Crippen molar-refractivity contribution < 1.29 is 13.2 Å². The lowest BCUT2D eigenvalue weighted by Crippen LogP contribution is -2.27. The molecule has 1 aromatic rings. The first-order chi connectivity index (χ1) is 10.9. The molecule has 1 aliphatic rings. The normalized spacial score (nSPS) is 14.9. The van der Waals surface area contributed by atoms with Gasteiger partial charge < -0.3 is 5.32 Å². The fourth-order valence-corrected chi connectivity index (χ4v) is 3.30. The van der Waals surface area contributed by atoms with Crippen molar-refractivity contribution in [1.29, 1.82) is 0 Å². The molecule has 0 unspecified atom stereocenters. The van der Waals surface area contributed by atoms with Gasteiger partial charge in [0, 0.05) is 6.54 Å². The minimum atomic E-state index is -3.36. The van der Waals surface area contributed by atoms with Crippen LogP contribution in [0.25, 0.3) is 0 Å². The molecular formula is C17H24N2O3S. The number of carbonyl (C=O) groups excluding carboxylic acids is 1. The molecule has 0 radical (unpaired) electrons. The van der Waals surface area contributed by atoms with Crippen LogP contribution in [-0.4, -0.2) is 27.1 Å². The summed E-state index contributed by atoms with van der Waals surface area (Å²) in [6.07, 6.45) is 9.23. The van der Waals surface area contributed by atoms with Crippen LogP contribution < -0.4 is 10.0 Å². The molecule has 0 aromatic heterocycles. The molecule has 0 saturated carbocycles. The topological polar surface area (TPSA) is 75.3 Å². The number of carbonyl (C=O) groups is 1. The Hall–Kier alpha value is -1.82. The van der Waals surface area contributed by atoms with Crippen LogP contribution >= 0.6 is 0 Å². The molecule has 23 heavy (non-hydrogen) atoms. The van der Waals surface area contributed by atoms with Gasteiger partial charge in [-0.3, -0.25) is 9.52 Å². The summed E-state index contributed by atoms with van der Waals surface area (Å²) in [5, 5.41) is 2.91. The van der Waals surface area contributed by atoms with Crippen molar-refractivity contribution in [3.63, 3.8) is 0 Å². The van der Waals surface area contributed by atoms with Crippen molar-refractivity contribution in [3.8, 4) is 0 Å². The molecule has 2 rings (SSSR count). The van der Waals surface area contributed by atoms with Crippen LogP contribution in [-0.2, 0) is 21.2 Å². The zero-order valence-corrected chi connectivity index (χ0v) is 14.3. The molecule has 2 N–H and O–H groups in total. The summed E-state index contributed by atoms with van der Waals surface area (Å²) in [5.74, 6) is -0.0934. The highest BCUT2D eigenvalue weighted by Crippen LogP contribution is 2.19. The predicted molar refractivity (Wildman–Crippen MR) is 92.8 cm³/mol. The average molecular weight is 336 g/mol. The number of anilines is 1. The molecule has 0 atom stereocenters. The van der Waals surface area contributed by atoms with Crippen molar-refractivity contribution in [2.75, 3.05) is 17.5 Å². The third-order valence-corrected chi connectivity index (χ3v) is 4.41. The Balaban J connectivity index is 1.86. The van der Waals surface area contributed by atoms with E-state index in [1.165, 1.54) is 18.4 Å². The van der Waals surface area contributed by atoms with Crippen molar-refractivity contribution >= 4 is 21.6 Å². The highest BCUT2D eigenvalue weighted by Gasteiger charge is 2.11. The van der Waals surface area contributed by atoms with Crippen LogP contribution in [0.4, 0.5) is 5.69 Å². The Bertz CT molecular complexity index is 681. The Kier molecular flexibility index (Phi) is 6.21. The molecule has 0 aliphatic heterocycles. The maximum atomic E-state index is 12.1. The molecule has 1 aromatic carbocycles. The molecule has 1 aliphatic carbocycles. The third kappa shape index (κ3) is 6.44. The van der Waals surface area contributed by atoms with Crippen LogP contribution in [0.15, 0.2) is 35.9 Å². The van der Waals surface area contributed by atoms with Gasteiger partial charge in [0.2, 0.25) is 15.9 Å². The van der Waals surface area contributed by atoms with Gasteiger partial charge in [-0.2, -0.15) is 0 Å². The second-order valence-electron chi connectivity index (χ2n) is 5.92. The summed E-state index contributed by atoms with van der Waals surface area (Å²) >= 11 is 0. The van der Waals surface area contributed by atoms with Gasteiger partial charge in [-0.15, -0.1) is 0 Å². The van der Waals surface area contributed by atoms with E-state index < -0.39 is 10.0 Å². The van der Waals surface area contributed by atoms with E-state index in [0.717, 1.165) is 25.5 Å². The number of amides is 1. The smallest absolute Gasteiger partial charge is 0.229 e. The summed E-state index contributed by atoms with van der Waals surface area (Å²) in [6, 6.07) is 6.96. The molecular weight excluding hydrogens is 312 g/mol. The van der Waals surface area contributed by atoms with Gasteiger partial charge >= 0.3 is 0 Å². The van der Waals surface area contributed by atoms with Crippen molar-refractivity contribution in [3.05, 3.63) is 41.5 Å². The predicted octanol–water partition coefficient (Wildman–Crippen LogP) is 2.61. The standard InChI is InChI=1S/C17H24N2O3S/c1-23(21,22)19-16-10-6-5-9-15(16)13-17(20)18-12-11-14-7-3-2-4-8-14/h5-7,9-10,19H,2-4,8,11-13H2,1H3,(H,18,20). The summed E-state index contributed by atoms with van der Waals surface area (Å²) < 4.78 is 25.2. The molecule has 6 heteroatoms. The van der Waals surface area contributed by atoms with E-state index in [2.05, 4.69) is 16.1 Å². The van der Waals surface area contributed by atoms with Gasteiger partial charge in [-0.05, 0) is 43.7 Å². The highest BCUT2D eigenvalue weighted by molar-refractivity contribution is 7.92. The first-order valence-electron chi connectivity index (χ1n) is 7.94. The van der Waals surface area contributed by atoms with Crippen molar-refractivity contribution in [1.82, 2.24) is 5.32 Å². The Morgan fingerprint density at radius 1 is 1.22 bits per heavy atom. The zero-order valence-electron chi connectivity index (χ0n) is 13.5. The number of para-hydroxylation sites is 1. The van der Waals surface area contributed by atoms with Crippen LogP contribution in [0.3, 0.4) is 0 Å². The average Bonchev–Trinajstić information content (AvgIpc) is 2.49. The number of allylic oxidation sites excluding steroid dienone is 1. The molecule has 0 bridgehead atoms. The number of benzene rings is 1. The van der Waals surface area contributed by atoms with E-state index in [4.69, 9.17) is 0 Å². The molecule has 0 saturated heterocycles. The number of nitrogens with one attached hydrogen (secondary N) is 2. The largest absolute Gasteiger partial charge is 0.355 e. The Labute approximate surface area is 138 Å². The molecule has 0 heterocycles. The second kappa shape index (κ2) is 8.15. The summed E-state index contributed by atoms with van der Waals surface area (Å²) in [5.41, 5.74) is 2.56. The fourth-order valence-electron chi connectivity index (χ4n) is 2.70. The fraction of sp³-hybridized carbons (Fsp3) is 0.471.